The topological polar surface area (TPSA) is 67.2 Å². The number of ether oxygens (including phenoxy) is 1. The fourth-order valence-corrected chi connectivity index (χ4v) is 4.76. The van der Waals surface area contributed by atoms with Gasteiger partial charge in [0.25, 0.3) is 0 Å². The molecule has 2 aliphatic rings. The number of hydrogen-bond acceptors (Lipinski definition) is 2. The smallest absolute Gasteiger partial charge is 0.337 e. The maximum atomic E-state index is 11.8. The van der Waals surface area contributed by atoms with E-state index in [1.165, 1.54) is 11.1 Å². The molecule has 0 saturated carbocycles. The molecular weight excluding hydrogens is 352 g/mol. The molecule has 4 heterocycles. The van der Waals surface area contributed by atoms with Crippen LogP contribution in [0, 0.1) is 0 Å². The van der Waals surface area contributed by atoms with Crippen molar-refractivity contribution in [2.75, 3.05) is 6.61 Å². The highest BCUT2D eigenvalue weighted by atomic mass is 16.5. The number of rotatable bonds is 2. The maximum absolute atomic E-state index is 11.8. The lowest BCUT2D eigenvalue weighted by atomic mass is 9.91. The zero-order valence-corrected chi connectivity index (χ0v) is 15.1. The maximum Gasteiger partial charge on any atom is 0.337 e. The van der Waals surface area contributed by atoms with Gasteiger partial charge in [-0.05, 0) is 41.0 Å². The van der Waals surface area contributed by atoms with Gasteiger partial charge in [0.15, 0.2) is 0 Å². The van der Waals surface area contributed by atoms with Crippen LogP contribution >= 0.6 is 0 Å². The number of aromatic amines is 1. The first-order valence-corrected chi connectivity index (χ1v) is 9.49. The zero-order valence-electron chi connectivity index (χ0n) is 15.1. The number of aromatic nitrogens is 2. The van der Waals surface area contributed by atoms with Crippen LogP contribution in [0.15, 0.2) is 54.7 Å². The van der Waals surface area contributed by atoms with E-state index < -0.39 is 5.97 Å². The Hall–Kier alpha value is -3.47. The molecule has 0 saturated heterocycles. The molecule has 2 aliphatic heterocycles. The van der Waals surface area contributed by atoms with Gasteiger partial charge in [-0.2, -0.15) is 0 Å². The summed E-state index contributed by atoms with van der Waals surface area (Å²) in [7, 11) is 0. The normalized spacial score (nSPS) is 17.1. The van der Waals surface area contributed by atoms with Crippen LogP contribution in [0.2, 0.25) is 0 Å². The van der Waals surface area contributed by atoms with Crippen molar-refractivity contribution in [3.8, 4) is 5.75 Å². The van der Waals surface area contributed by atoms with Crippen LogP contribution in [-0.2, 0) is 12.8 Å². The molecule has 1 unspecified atom stereocenters. The molecule has 0 aliphatic carbocycles. The molecule has 2 N–H and O–H groups in total. The molecular formula is C23H18N2O3. The summed E-state index contributed by atoms with van der Waals surface area (Å²) in [6.07, 6.45) is 3.43. The number of carbonyl (C=O) groups is 1. The quantitative estimate of drug-likeness (QED) is 0.491. The predicted molar refractivity (Wildman–Crippen MR) is 105 cm³/mol. The first-order chi connectivity index (χ1) is 13.7. The van der Waals surface area contributed by atoms with Gasteiger partial charge < -0.3 is 19.4 Å². The molecule has 5 nitrogen and oxygen atoms in total. The number of benzene rings is 2. The summed E-state index contributed by atoms with van der Waals surface area (Å²) in [5.74, 6) is 0.0773. The van der Waals surface area contributed by atoms with Crippen LogP contribution < -0.4 is 4.74 Å². The summed E-state index contributed by atoms with van der Waals surface area (Å²) >= 11 is 0. The standard InChI is InChI=1S/C23H18N2O3/c26-23(27)16-7-9-25-19(16)12-17-15-3-1-2-4-18(15)24-21(17)22(25)14-5-6-20-13(11-14)8-10-28-20/h1-7,9,11,22,24H,8,10,12H2,(H,26,27). The Morgan fingerprint density at radius 1 is 1.18 bits per heavy atom. The first-order valence-electron chi connectivity index (χ1n) is 9.49. The zero-order chi connectivity index (χ0) is 18.8. The van der Waals surface area contributed by atoms with Crippen molar-refractivity contribution < 1.29 is 14.6 Å². The molecule has 5 heteroatoms. The van der Waals surface area contributed by atoms with Gasteiger partial charge in [-0.25, -0.2) is 4.79 Å². The van der Waals surface area contributed by atoms with Gasteiger partial charge in [-0.15, -0.1) is 0 Å². The second-order valence-electron chi connectivity index (χ2n) is 7.50. The summed E-state index contributed by atoms with van der Waals surface area (Å²) < 4.78 is 7.78. The third kappa shape index (κ3) is 2.04. The second-order valence-corrected chi connectivity index (χ2v) is 7.50. The van der Waals surface area contributed by atoms with E-state index in [1.807, 2.05) is 24.4 Å². The number of para-hydroxylation sites is 1. The number of carboxylic acid groups (broad SMARTS) is 1. The minimum atomic E-state index is -0.877. The van der Waals surface area contributed by atoms with Crippen LogP contribution in [0.1, 0.15) is 44.5 Å². The third-order valence-corrected chi connectivity index (χ3v) is 6.03. The van der Waals surface area contributed by atoms with Crippen molar-refractivity contribution in [1.29, 1.82) is 0 Å². The van der Waals surface area contributed by atoms with Crippen molar-refractivity contribution >= 4 is 16.9 Å². The predicted octanol–water partition coefficient (Wildman–Crippen LogP) is 4.14. The Morgan fingerprint density at radius 3 is 2.96 bits per heavy atom. The molecule has 1 atom stereocenters. The Bertz CT molecular complexity index is 1260. The van der Waals surface area contributed by atoms with E-state index >= 15 is 0 Å². The molecule has 0 fully saturated rings. The first kappa shape index (κ1) is 15.6. The Balaban J connectivity index is 1.63. The van der Waals surface area contributed by atoms with Gasteiger partial charge in [0.05, 0.1) is 18.2 Å². The van der Waals surface area contributed by atoms with Gasteiger partial charge in [0, 0.05) is 41.3 Å². The van der Waals surface area contributed by atoms with E-state index in [-0.39, 0.29) is 6.04 Å². The largest absolute Gasteiger partial charge is 0.493 e. The van der Waals surface area contributed by atoms with Crippen molar-refractivity contribution in [2.24, 2.45) is 0 Å². The van der Waals surface area contributed by atoms with E-state index in [1.54, 1.807) is 6.07 Å². The van der Waals surface area contributed by atoms with Crippen LogP contribution in [0.25, 0.3) is 10.9 Å². The molecule has 0 spiro atoms. The molecule has 2 aromatic carbocycles. The number of hydrogen-bond donors (Lipinski definition) is 2. The lowest BCUT2D eigenvalue weighted by Crippen LogP contribution is -2.22. The third-order valence-electron chi connectivity index (χ3n) is 6.03. The van der Waals surface area contributed by atoms with Crippen LogP contribution in [0.5, 0.6) is 5.75 Å². The molecule has 4 aromatic rings. The van der Waals surface area contributed by atoms with Gasteiger partial charge in [0.1, 0.15) is 5.75 Å². The SMILES string of the molecule is O=C(O)c1ccn2c1Cc1c([nH]c3ccccc13)C2c1ccc2c(c1)CCO2. The summed E-state index contributed by atoms with van der Waals surface area (Å²) in [5.41, 5.74) is 7.01. The molecule has 0 bridgehead atoms. The molecule has 2 aromatic heterocycles. The highest BCUT2D eigenvalue weighted by molar-refractivity contribution is 5.91. The highest BCUT2D eigenvalue weighted by Gasteiger charge is 2.32. The van der Waals surface area contributed by atoms with Gasteiger partial charge in [0.2, 0.25) is 0 Å². The van der Waals surface area contributed by atoms with E-state index in [2.05, 4.69) is 33.8 Å². The Labute approximate surface area is 161 Å². The Morgan fingerprint density at radius 2 is 2.07 bits per heavy atom. The fraction of sp³-hybridized carbons (Fsp3) is 0.174. The van der Waals surface area contributed by atoms with Crippen molar-refractivity contribution in [2.45, 2.75) is 18.9 Å². The summed E-state index contributed by atoms with van der Waals surface area (Å²) in [4.78, 5) is 15.4. The Kier molecular flexibility index (Phi) is 3.07. The van der Waals surface area contributed by atoms with E-state index in [0.717, 1.165) is 46.6 Å². The molecule has 6 rings (SSSR count). The van der Waals surface area contributed by atoms with Gasteiger partial charge in [-0.3, -0.25) is 0 Å². The van der Waals surface area contributed by atoms with Crippen molar-refractivity contribution in [3.05, 3.63) is 88.4 Å². The van der Waals surface area contributed by atoms with Gasteiger partial charge in [-0.1, -0.05) is 24.3 Å². The van der Waals surface area contributed by atoms with E-state index in [0.29, 0.717) is 12.0 Å². The van der Waals surface area contributed by atoms with Crippen LogP contribution in [-0.4, -0.2) is 27.2 Å². The van der Waals surface area contributed by atoms with Gasteiger partial charge >= 0.3 is 5.97 Å². The number of H-pyrrole nitrogens is 1. The summed E-state index contributed by atoms with van der Waals surface area (Å²) in [6, 6.07) is 16.2. The number of nitrogens with one attached hydrogen (secondary N) is 1. The number of carboxylic acids is 1. The minimum absolute atomic E-state index is 0.0786. The number of aromatic carboxylic acids is 1. The molecule has 28 heavy (non-hydrogen) atoms. The number of nitrogens with zero attached hydrogens (tertiary/aromatic N) is 1. The average molecular weight is 370 g/mol. The fourth-order valence-electron chi connectivity index (χ4n) is 4.76. The van der Waals surface area contributed by atoms with Crippen LogP contribution in [0.3, 0.4) is 0 Å². The molecule has 138 valence electrons. The summed E-state index contributed by atoms with van der Waals surface area (Å²) in [6.45, 7) is 0.721. The second kappa shape index (κ2) is 5.52. The lowest BCUT2D eigenvalue weighted by Gasteiger charge is -2.28. The minimum Gasteiger partial charge on any atom is -0.493 e. The molecule has 0 radical (unpaired) electrons. The molecule has 0 amide bonds. The van der Waals surface area contributed by atoms with E-state index in [9.17, 15) is 9.90 Å². The van der Waals surface area contributed by atoms with E-state index in [4.69, 9.17) is 4.74 Å². The average Bonchev–Trinajstić information content (AvgIpc) is 3.41. The van der Waals surface area contributed by atoms with Crippen molar-refractivity contribution in [1.82, 2.24) is 9.55 Å². The summed E-state index contributed by atoms with van der Waals surface area (Å²) in [5, 5.41) is 10.9. The lowest BCUT2D eigenvalue weighted by molar-refractivity contribution is 0.0695. The van der Waals surface area contributed by atoms with Crippen molar-refractivity contribution in [3.63, 3.8) is 0 Å². The monoisotopic (exact) mass is 370 g/mol. The van der Waals surface area contributed by atoms with Crippen LogP contribution in [0.4, 0.5) is 0 Å². The number of fused-ring (bicyclic) bond motifs is 5. The highest BCUT2D eigenvalue weighted by Crippen LogP contribution is 2.41.